The van der Waals surface area contributed by atoms with Crippen molar-refractivity contribution in [1.29, 1.82) is 0 Å². The first-order valence-electron chi connectivity index (χ1n) is 3.84. The molecule has 0 spiro atoms. The summed E-state index contributed by atoms with van der Waals surface area (Å²) in [5.74, 6) is 0. The molecule has 1 aliphatic rings. The van der Waals surface area contributed by atoms with Crippen LogP contribution in [-0.2, 0) is 4.74 Å². The molecule has 64 valence electrons. The van der Waals surface area contributed by atoms with Gasteiger partial charge >= 0.3 is 0 Å². The Hall–Kier alpha value is -0.350. The van der Waals surface area contributed by atoms with Crippen molar-refractivity contribution in [2.24, 2.45) is 0 Å². The minimum absolute atomic E-state index is 0.279. The lowest BCUT2D eigenvalue weighted by atomic mass is 10.2. The van der Waals surface area contributed by atoms with Crippen molar-refractivity contribution in [3.63, 3.8) is 0 Å². The quantitative estimate of drug-likeness (QED) is 0.559. The van der Waals surface area contributed by atoms with Crippen molar-refractivity contribution in [2.75, 3.05) is 13.7 Å². The monoisotopic (exact) mass is 174 g/mol. The molecule has 1 saturated heterocycles. The van der Waals surface area contributed by atoms with Crippen LogP contribution in [0.15, 0.2) is 0 Å². The van der Waals surface area contributed by atoms with Crippen LogP contribution < -0.4 is 10.6 Å². The van der Waals surface area contributed by atoms with Gasteiger partial charge in [-0.05, 0) is 25.6 Å². The lowest BCUT2D eigenvalue weighted by Crippen LogP contribution is -2.43. The fourth-order valence-corrected chi connectivity index (χ4v) is 1.31. The van der Waals surface area contributed by atoms with Gasteiger partial charge in [-0.1, -0.05) is 0 Å². The van der Waals surface area contributed by atoms with E-state index in [1.54, 1.807) is 0 Å². The normalized spacial score (nSPS) is 30.0. The van der Waals surface area contributed by atoms with E-state index in [0.29, 0.717) is 11.2 Å². The minimum atomic E-state index is 0.279. The molecular weight excluding hydrogens is 160 g/mol. The molecular formula is C7H14N2OS. The topological polar surface area (TPSA) is 33.3 Å². The van der Waals surface area contributed by atoms with Crippen molar-refractivity contribution in [3.05, 3.63) is 0 Å². The Labute approximate surface area is 72.5 Å². The Kier molecular flexibility index (Phi) is 3.08. The molecule has 1 heterocycles. The minimum Gasteiger partial charge on any atom is -0.376 e. The molecule has 0 aromatic carbocycles. The van der Waals surface area contributed by atoms with E-state index in [1.807, 2.05) is 7.05 Å². The number of hydrogen-bond donors (Lipinski definition) is 2. The highest BCUT2D eigenvalue weighted by molar-refractivity contribution is 7.80. The average molecular weight is 174 g/mol. The van der Waals surface area contributed by atoms with E-state index in [9.17, 15) is 0 Å². The SMILES string of the molecule is CNC(=S)N[C@@H]1CCO[C@@H]1C. The third-order valence-corrected chi connectivity index (χ3v) is 2.24. The zero-order valence-electron chi connectivity index (χ0n) is 6.89. The van der Waals surface area contributed by atoms with Gasteiger partial charge in [-0.3, -0.25) is 0 Å². The summed E-state index contributed by atoms with van der Waals surface area (Å²) in [5.41, 5.74) is 0. The lowest BCUT2D eigenvalue weighted by Gasteiger charge is -2.17. The third-order valence-electron chi connectivity index (χ3n) is 1.92. The maximum absolute atomic E-state index is 5.36. The molecule has 0 aromatic rings. The van der Waals surface area contributed by atoms with Gasteiger partial charge in [0.25, 0.3) is 0 Å². The van der Waals surface area contributed by atoms with Gasteiger partial charge in [0.1, 0.15) is 0 Å². The summed E-state index contributed by atoms with van der Waals surface area (Å²) in [5, 5.41) is 6.75. The first kappa shape index (κ1) is 8.74. The third kappa shape index (κ3) is 2.31. The fraction of sp³-hybridized carbons (Fsp3) is 0.857. The van der Waals surface area contributed by atoms with E-state index in [4.69, 9.17) is 17.0 Å². The first-order valence-corrected chi connectivity index (χ1v) is 4.24. The molecule has 0 aromatic heterocycles. The van der Waals surface area contributed by atoms with Crippen LogP contribution in [0.3, 0.4) is 0 Å². The average Bonchev–Trinajstić information content (AvgIpc) is 2.37. The highest BCUT2D eigenvalue weighted by Crippen LogP contribution is 2.11. The fourth-order valence-electron chi connectivity index (χ4n) is 1.16. The lowest BCUT2D eigenvalue weighted by molar-refractivity contribution is 0.116. The van der Waals surface area contributed by atoms with Crippen molar-refractivity contribution in [2.45, 2.75) is 25.5 Å². The molecule has 0 unspecified atom stereocenters. The predicted molar refractivity (Wildman–Crippen MR) is 48.6 cm³/mol. The molecule has 0 bridgehead atoms. The van der Waals surface area contributed by atoms with Crippen LogP contribution in [-0.4, -0.2) is 30.9 Å². The van der Waals surface area contributed by atoms with Gasteiger partial charge in [-0.25, -0.2) is 0 Å². The Bertz CT molecular complexity index is 151. The number of rotatable bonds is 1. The molecule has 2 atom stereocenters. The van der Waals surface area contributed by atoms with Gasteiger partial charge in [-0.15, -0.1) is 0 Å². The second-order valence-corrected chi connectivity index (χ2v) is 3.10. The van der Waals surface area contributed by atoms with Gasteiger partial charge in [0.2, 0.25) is 0 Å². The van der Waals surface area contributed by atoms with Crippen LogP contribution in [0.4, 0.5) is 0 Å². The van der Waals surface area contributed by atoms with Gasteiger partial charge in [0, 0.05) is 13.7 Å². The zero-order valence-corrected chi connectivity index (χ0v) is 7.70. The summed E-state index contributed by atoms with van der Waals surface area (Å²) in [4.78, 5) is 0. The summed E-state index contributed by atoms with van der Waals surface area (Å²) in [6.07, 6.45) is 1.32. The molecule has 1 rings (SSSR count). The van der Waals surface area contributed by atoms with Crippen LogP contribution in [0, 0.1) is 0 Å². The molecule has 1 aliphatic heterocycles. The van der Waals surface area contributed by atoms with Crippen LogP contribution >= 0.6 is 12.2 Å². The van der Waals surface area contributed by atoms with Gasteiger partial charge < -0.3 is 15.4 Å². The van der Waals surface area contributed by atoms with Gasteiger partial charge in [0.05, 0.1) is 12.1 Å². The summed E-state index contributed by atoms with van der Waals surface area (Å²) in [7, 11) is 1.82. The molecule has 3 nitrogen and oxygen atoms in total. The van der Waals surface area contributed by atoms with Crippen LogP contribution in [0.1, 0.15) is 13.3 Å². The number of thiocarbonyl (C=S) groups is 1. The van der Waals surface area contributed by atoms with E-state index in [2.05, 4.69) is 17.6 Å². The molecule has 2 N–H and O–H groups in total. The Morgan fingerprint density at radius 2 is 2.36 bits per heavy atom. The molecule has 4 heteroatoms. The first-order chi connectivity index (χ1) is 5.24. The Morgan fingerprint density at radius 3 is 2.82 bits per heavy atom. The van der Waals surface area contributed by atoms with E-state index in [-0.39, 0.29) is 6.10 Å². The van der Waals surface area contributed by atoms with E-state index in [0.717, 1.165) is 13.0 Å². The van der Waals surface area contributed by atoms with Gasteiger partial charge in [-0.2, -0.15) is 0 Å². The molecule has 0 radical (unpaired) electrons. The summed E-state index contributed by atoms with van der Waals surface area (Å²) >= 11 is 4.97. The summed E-state index contributed by atoms with van der Waals surface area (Å²) in [6.45, 7) is 2.90. The van der Waals surface area contributed by atoms with Crippen LogP contribution in [0.25, 0.3) is 0 Å². The molecule has 1 fully saturated rings. The van der Waals surface area contributed by atoms with Crippen molar-refractivity contribution in [1.82, 2.24) is 10.6 Å². The summed E-state index contributed by atoms with van der Waals surface area (Å²) < 4.78 is 5.36. The Morgan fingerprint density at radius 1 is 1.64 bits per heavy atom. The maximum Gasteiger partial charge on any atom is 0.166 e. The maximum atomic E-state index is 5.36. The zero-order chi connectivity index (χ0) is 8.27. The van der Waals surface area contributed by atoms with Crippen molar-refractivity contribution in [3.8, 4) is 0 Å². The predicted octanol–water partition coefficient (Wildman–Crippen LogP) is 0.258. The second kappa shape index (κ2) is 3.88. The second-order valence-electron chi connectivity index (χ2n) is 2.69. The van der Waals surface area contributed by atoms with E-state index >= 15 is 0 Å². The Balaban J connectivity index is 2.30. The largest absolute Gasteiger partial charge is 0.376 e. The molecule has 11 heavy (non-hydrogen) atoms. The smallest absolute Gasteiger partial charge is 0.166 e. The van der Waals surface area contributed by atoms with Crippen LogP contribution in [0.5, 0.6) is 0 Å². The number of hydrogen-bond acceptors (Lipinski definition) is 2. The van der Waals surface area contributed by atoms with Crippen LogP contribution in [0.2, 0.25) is 0 Å². The highest BCUT2D eigenvalue weighted by Gasteiger charge is 2.23. The summed E-state index contributed by atoms with van der Waals surface area (Å²) in [6, 6.07) is 0.384. The molecule has 0 aliphatic carbocycles. The highest BCUT2D eigenvalue weighted by atomic mass is 32.1. The van der Waals surface area contributed by atoms with Crippen molar-refractivity contribution >= 4 is 17.3 Å². The number of ether oxygens (including phenoxy) is 1. The van der Waals surface area contributed by atoms with E-state index < -0.39 is 0 Å². The van der Waals surface area contributed by atoms with Gasteiger partial charge in [0.15, 0.2) is 5.11 Å². The molecule has 0 amide bonds. The standard InChI is InChI=1S/C7H14N2OS/c1-5-6(3-4-10-5)9-7(11)8-2/h5-6H,3-4H2,1-2H3,(H2,8,9,11)/t5-,6-/m1/s1. The molecule has 0 saturated carbocycles. The number of nitrogens with one attached hydrogen (secondary N) is 2. The van der Waals surface area contributed by atoms with E-state index in [1.165, 1.54) is 0 Å². The van der Waals surface area contributed by atoms with Crippen molar-refractivity contribution < 1.29 is 4.74 Å².